The van der Waals surface area contributed by atoms with Crippen LogP contribution < -0.4 is 10.6 Å². The van der Waals surface area contributed by atoms with Crippen molar-refractivity contribution in [3.05, 3.63) is 107 Å². The second-order valence-corrected chi connectivity index (χ2v) is 12.6. The Balaban J connectivity index is 1.24. The monoisotopic (exact) mass is 655 g/mol. The number of unbranched alkanes of at least 4 members (excludes halogenated alkanes) is 1. The van der Waals surface area contributed by atoms with E-state index in [9.17, 15) is 24.0 Å². The Bertz CT molecular complexity index is 1550. The van der Waals surface area contributed by atoms with Crippen molar-refractivity contribution in [2.75, 3.05) is 33.2 Å². The normalized spacial score (nSPS) is 18.0. The van der Waals surface area contributed by atoms with Crippen molar-refractivity contribution >= 4 is 42.2 Å². The minimum Gasteiger partial charge on any atom is -0.357 e. The quantitative estimate of drug-likeness (QED) is 0.148. The average Bonchev–Trinajstić information content (AvgIpc) is 3.23. The molecule has 2 unspecified atom stereocenters. The smallest absolute Gasteiger partial charge is 0.261 e. The van der Waals surface area contributed by atoms with E-state index in [1.165, 1.54) is 4.90 Å². The standard InChI is InChI=1S/C36H41N5O5S/c1-37-32(42)30(22-25-12-4-2-5-13-25)40-21-20-39(23-26-14-6-3-7-15-26)24-29(36(40)46)38-33(43)31(47)18-10-11-19-41-34(44)27-16-8-9-17-28(27)35(41)45/h2-9,12-17,29-31,47H,10-11,18-24H2,1H3,(H,37,42)(H,38,43)/t29?,30-,31?/m0/s1. The molecule has 47 heavy (non-hydrogen) atoms. The van der Waals surface area contributed by atoms with E-state index < -0.39 is 17.3 Å². The van der Waals surface area contributed by atoms with Gasteiger partial charge >= 0.3 is 0 Å². The molecule has 0 saturated carbocycles. The van der Waals surface area contributed by atoms with Crippen molar-refractivity contribution in [3.8, 4) is 0 Å². The Morgan fingerprint density at radius 2 is 1.40 bits per heavy atom. The lowest BCUT2D eigenvalue weighted by Crippen LogP contribution is -2.57. The van der Waals surface area contributed by atoms with E-state index in [1.807, 2.05) is 60.7 Å². The lowest BCUT2D eigenvalue weighted by molar-refractivity contribution is -0.142. The molecule has 0 spiro atoms. The largest absolute Gasteiger partial charge is 0.357 e. The fourth-order valence-electron chi connectivity index (χ4n) is 6.19. The van der Waals surface area contributed by atoms with Gasteiger partial charge in [0.15, 0.2) is 0 Å². The van der Waals surface area contributed by atoms with Crippen LogP contribution in [0.2, 0.25) is 0 Å². The van der Waals surface area contributed by atoms with Crippen molar-refractivity contribution < 1.29 is 24.0 Å². The molecular formula is C36H41N5O5S. The van der Waals surface area contributed by atoms with Gasteiger partial charge in [-0.1, -0.05) is 79.2 Å². The van der Waals surface area contributed by atoms with Crippen LogP contribution in [-0.2, 0) is 27.3 Å². The number of hydrogen-bond acceptors (Lipinski definition) is 7. The first-order chi connectivity index (χ1) is 22.8. The van der Waals surface area contributed by atoms with Gasteiger partial charge in [0, 0.05) is 46.2 Å². The molecular weight excluding hydrogens is 614 g/mol. The Morgan fingerprint density at radius 1 is 0.809 bits per heavy atom. The molecule has 0 radical (unpaired) electrons. The Labute approximate surface area is 280 Å². The fraction of sp³-hybridized carbons (Fsp3) is 0.361. The molecule has 1 fully saturated rings. The summed E-state index contributed by atoms with van der Waals surface area (Å²) in [7, 11) is 1.56. The summed E-state index contributed by atoms with van der Waals surface area (Å²) in [5, 5.41) is 4.95. The molecule has 5 amide bonds. The number of amides is 5. The summed E-state index contributed by atoms with van der Waals surface area (Å²) in [6.07, 6.45) is 1.80. The van der Waals surface area contributed by atoms with E-state index in [-0.39, 0.29) is 42.6 Å². The molecule has 1 saturated heterocycles. The lowest BCUT2D eigenvalue weighted by Gasteiger charge is -2.31. The highest BCUT2D eigenvalue weighted by atomic mass is 32.1. The molecule has 246 valence electrons. The zero-order valence-electron chi connectivity index (χ0n) is 26.5. The molecule has 3 atom stereocenters. The molecule has 0 aliphatic carbocycles. The number of likely N-dealkylation sites (N-methyl/N-ethyl adjacent to an activating group) is 1. The Kier molecular flexibility index (Phi) is 11.4. The minimum absolute atomic E-state index is 0.251. The van der Waals surface area contributed by atoms with Crippen LogP contribution in [0, 0.1) is 0 Å². The van der Waals surface area contributed by atoms with Gasteiger partial charge < -0.3 is 15.5 Å². The number of thiol groups is 1. The van der Waals surface area contributed by atoms with Crippen molar-refractivity contribution in [1.29, 1.82) is 0 Å². The van der Waals surface area contributed by atoms with Gasteiger partial charge in [0.25, 0.3) is 11.8 Å². The first-order valence-electron chi connectivity index (χ1n) is 16.0. The average molecular weight is 656 g/mol. The molecule has 3 aromatic carbocycles. The van der Waals surface area contributed by atoms with Gasteiger partial charge in [-0.05, 0) is 36.1 Å². The van der Waals surface area contributed by atoms with Gasteiger partial charge in [-0.2, -0.15) is 12.6 Å². The summed E-state index contributed by atoms with van der Waals surface area (Å²) >= 11 is 4.56. The highest BCUT2D eigenvalue weighted by Crippen LogP contribution is 2.23. The van der Waals surface area contributed by atoms with Crippen molar-refractivity contribution in [2.45, 2.75) is 49.6 Å². The van der Waals surface area contributed by atoms with E-state index in [0.29, 0.717) is 56.4 Å². The highest BCUT2D eigenvalue weighted by Gasteiger charge is 2.38. The van der Waals surface area contributed by atoms with Gasteiger partial charge in [-0.25, -0.2) is 0 Å². The highest BCUT2D eigenvalue weighted by molar-refractivity contribution is 7.81. The summed E-state index contributed by atoms with van der Waals surface area (Å²) in [4.78, 5) is 71.0. The third kappa shape index (κ3) is 8.28. The summed E-state index contributed by atoms with van der Waals surface area (Å²) in [5.74, 6) is -1.57. The fourth-order valence-corrected chi connectivity index (χ4v) is 6.44. The van der Waals surface area contributed by atoms with Crippen LogP contribution in [0.15, 0.2) is 84.9 Å². The topological polar surface area (TPSA) is 119 Å². The van der Waals surface area contributed by atoms with Crippen molar-refractivity contribution in [2.24, 2.45) is 0 Å². The van der Waals surface area contributed by atoms with Gasteiger partial charge in [0.2, 0.25) is 17.7 Å². The van der Waals surface area contributed by atoms with Gasteiger partial charge in [0.1, 0.15) is 12.1 Å². The number of imide groups is 1. The van der Waals surface area contributed by atoms with Crippen LogP contribution in [0.3, 0.4) is 0 Å². The zero-order chi connectivity index (χ0) is 33.3. The first-order valence-corrected chi connectivity index (χ1v) is 16.5. The predicted molar refractivity (Wildman–Crippen MR) is 182 cm³/mol. The van der Waals surface area contributed by atoms with E-state index in [0.717, 1.165) is 11.1 Å². The van der Waals surface area contributed by atoms with Crippen LogP contribution in [0.1, 0.15) is 51.1 Å². The van der Waals surface area contributed by atoms with E-state index in [1.54, 1.807) is 36.2 Å². The third-order valence-electron chi connectivity index (χ3n) is 8.73. The van der Waals surface area contributed by atoms with E-state index in [4.69, 9.17) is 0 Å². The summed E-state index contributed by atoms with van der Waals surface area (Å²) < 4.78 is 0. The molecule has 2 aliphatic heterocycles. The number of carbonyl (C=O) groups excluding carboxylic acids is 5. The van der Waals surface area contributed by atoms with Crippen LogP contribution in [-0.4, -0.2) is 94.8 Å². The SMILES string of the molecule is CNC(=O)[C@H](Cc1ccccc1)N1CCN(Cc2ccccc2)CC(NC(=O)C(S)CCCCN2C(=O)c3ccccc3C2=O)C1=O. The van der Waals surface area contributed by atoms with Crippen molar-refractivity contribution in [1.82, 2.24) is 25.3 Å². The molecule has 0 bridgehead atoms. The Morgan fingerprint density at radius 3 is 2.02 bits per heavy atom. The number of hydrogen-bond donors (Lipinski definition) is 3. The number of rotatable bonds is 13. The molecule has 10 nitrogen and oxygen atoms in total. The van der Waals surface area contributed by atoms with Crippen LogP contribution in [0.5, 0.6) is 0 Å². The summed E-state index contributed by atoms with van der Waals surface area (Å²) in [6, 6.07) is 24.6. The zero-order valence-corrected chi connectivity index (χ0v) is 27.4. The van der Waals surface area contributed by atoms with Gasteiger partial charge in [-0.3, -0.25) is 33.8 Å². The first kappa shape index (κ1) is 33.9. The van der Waals surface area contributed by atoms with Gasteiger partial charge in [0.05, 0.1) is 16.4 Å². The lowest BCUT2D eigenvalue weighted by atomic mass is 10.0. The van der Waals surface area contributed by atoms with E-state index in [2.05, 4.69) is 28.2 Å². The summed E-state index contributed by atoms with van der Waals surface area (Å²) in [5.41, 5.74) is 2.83. The second kappa shape index (κ2) is 15.9. The third-order valence-corrected chi connectivity index (χ3v) is 9.22. The molecule has 2 heterocycles. The van der Waals surface area contributed by atoms with Crippen LogP contribution >= 0.6 is 12.6 Å². The maximum atomic E-state index is 14.1. The second-order valence-electron chi connectivity index (χ2n) is 12.0. The van der Waals surface area contributed by atoms with Crippen LogP contribution in [0.25, 0.3) is 0 Å². The van der Waals surface area contributed by atoms with Crippen LogP contribution in [0.4, 0.5) is 0 Å². The number of benzene rings is 3. The predicted octanol–water partition coefficient (Wildman–Crippen LogP) is 2.94. The molecule has 3 aromatic rings. The molecule has 2 N–H and O–H groups in total. The van der Waals surface area contributed by atoms with Crippen molar-refractivity contribution in [3.63, 3.8) is 0 Å². The number of carbonyl (C=O) groups is 5. The summed E-state index contributed by atoms with van der Waals surface area (Å²) in [6.45, 7) is 1.96. The number of fused-ring (bicyclic) bond motifs is 1. The molecule has 11 heteroatoms. The Hall–Kier alpha value is -4.48. The minimum atomic E-state index is -0.885. The van der Waals surface area contributed by atoms with Gasteiger partial charge in [-0.15, -0.1) is 0 Å². The number of nitrogens with one attached hydrogen (secondary N) is 2. The molecule has 0 aromatic heterocycles. The maximum absolute atomic E-state index is 14.1. The van der Waals surface area contributed by atoms with E-state index >= 15 is 0 Å². The molecule has 5 rings (SSSR count). The number of nitrogens with zero attached hydrogens (tertiary/aromatic N) is 3. The molecule has 2 aliphatic rings. The maximum Gasteiger partial charge on any atom is 0.261 e.